The molecule has 0 aromatic heterocycles. The second-order valence-electron chi connectivity index (χ2n) is 4.19. The Morgan fingerprint density at radius 1 is 1.38 bits per heavy atom. The van der Waals surface area contributed by atoms with E-state index in [1.54, 1.807) is 6.07 Å². The van der Waals surface area contributed by atoms with Crippen LogP contribution >= 0.6 is 0 Å². The fraction of sp³-hybridized carbons (Fsp3) is 0.538. The minimum absolute atomic E-state index is 0.160. The van der Waals surface area contributed by atoms with Crippen LogP contribution in [-0.4, -0.2) is 26.2 Å². The molecule has 3 heteroatoms. The molecule has 1 rings (SSSR count). The molecule has 0 amide bonds. The summed E-state index contributed by atoms with van der Waals surface area (Å²) in [6.45, 7) is 6.07. The van der Waals surface area contributed by atoms with E-state index in [9.17, 15) is 4.39 Å². The fourth-order valence-electron chi connectivity index (χ4n) is 1.73. The third-order valence-electron chi connectivity index (χ3n) is 2.55. The summed E-state index contributed by atoms with van der Waals surface area (Å²) in [5.41, 5.74) is 0.660. The number of anilines is 1. The second-order valence-corrected chi connectivity index (χ2v) is 4.19. The highest BCUT2D eigenvalue weighted by atomic mass is 19.1. The van der Waals surface area contributed by atoms with Crippen molar-refractivity contribution in [3.05, 3.63) is 30.1 Å². The Morgan fingerprint density at radius 2 is 2.06 bits per heavy atom. The maximum Gasteiger partial charge on any atom is 0.146 e. The lowest BCUT2D eigenvalue weighted by molar-refractivity contribution is 0.538. The van der Waals surface area contributed by atoms with Gasteiger partial charge in [0.15, 0.2) is 0 Å². The maximum atomic E-state index is 13.5. The number of nitrogens with zero attached hydrogens (tertiary/aromatic N) is 1. The summed E-state index contributed by atoms with van der Waals surface area (Å²) in [5, 5.41) is 3.39. The summed E-state index contributed by atoms with van der Waals surface area (Å²) in [5.74, 6) is -0.160. The molecule has 1 unspecified atom stereocenters. The van der Waals surface area contributed by atoms with Crippen molar-refractivity contribution < 1.29 is 4.39 Å². The van der Waals surface area contributed by atoms with Gasteiger partial charge in [-0.3, -0.25) is 0 Å². The number of halogens is 1. The van der Waals surface area contributed by atoms with Crippen LogP contribution in [-0.2, 0) is 0 Å². The van der Waals surface area contributed by atoms with Crippen molar-refractivity contribution >= 4 is 5.69 Å². The first-order valence-corrected chi connectivity index (χ1v) is 5.84. The molecule has 0 saturated carbocycles. The molecule has 0 heterocycles. The summed E-state index contributed by atoms with van der Waals surface area (Å²) in [7, 11) is 1.92. The van der Waals surface area contributed by atoms with E-state index in [4.69, 9.17) is 0 Å². The minimum Gasteiger partial charge on any atom is -0.371 e. The van der Waals surface area contributed by atoms with Crippen molar-refractivity contribution in [2.75, 3.05) is 25.0 Å². The number of rotatable bonds is 6. The molecular formula is C13H21FN2. The highest BCUT2D eigenvalue weighted by Gasteiger charge is 2.09. The average molecular weight is 224 g/mol. The third-order valence-corrected chi connectivity index (χ3v) is 2.55. The molecular weight excluding hydrogens is 203 g/mol. The Kier molecular flexibility index (Phi) is 5.26. The molecule has 1 atom stereocenters. The van der Waals surface area contributed by atoms with Crippen LogP contribution in [0.15, 0.2) is 24.3 Å². The molecule has 1 aromatic rings. The Morgan fingerprint density at radius 3 is 2.69 bits per heavy atom. The molecule has 16 heavy (non-hydrogen) atoms. The summed E-state index contributed by atoms with van der Waals surface area (Å²) in [6, 6.07) is 7.24. The van der Waals surface area contributed by atoms with Crippen LogP contribution in [0, 0.1) is 5.82 Å². The normalized spacial score (nSPS) is 12.5. The van der Waals surface area contributed by atoms with Crippen molar-refractivity contribution in [1.82, 2.24) is 5.32 Å². The van der Waals surface area contributed by atoms with Crippen molar-refractivity contribution in [1.29, 1.82) is 0 Å². The zero-order valence-electron chi connectivity index (χ0n) is 10.3. The molecule has 1 N–H and O–H groups in total. The zero-order valence-corrected chi connectivity index (χ0v) is 10.3. The standard InChI is InChI=1S/C13H21FN2/c1-4-9-15-11(2)10-16(3)13-8-6-5-7-12(13)14/h5-8,11,15H,4,9-10H2,1-3H3. The van der Waals surface area contributed by atoms with Gasteiger partial charge < -0.3 is 10.2 Å². The van der Waals surface area contributed by atoms with Crippen LogP contribution in [0.4, 0.5) is 10.1 Å². The topological polar surface area (TPSA) is 15.3 Å². The van der Waals surface area contributed by atoms with Gasteiger partial charge in [0, 0.05) is 19.6 Å². The number of benzene rings is 1. The van der Waals surface area contributed by atoms with Crippen LogP contribution in [0.2, 0.25) is 0 Å². The summed E-state index contributed by atoms with van der Waals surface area (Å²) in [4.78, 5) is 1.95. The molecule has 0 aliphatic rings. The van der Waals surface area contributed by atoms with Gasteiger partial charge in [-0.1, -0.05) is 19.1 Å². The fourth-order valence-corrected chi connectivity index (χ4v) is 1.73. The second kappa shape index (κ2) is 6.48. The summed E-state index contributed by atoms with van der Waals surface area (Å²) < 4.78 is 13.5. The minimum atomic E-state index is -0.160. The van der Waals surface area contributed by atoms with E-state index in [-0.39, 0.29) is 5.82 Å². The third kappa shape index (κ3) is 3.81. The molecule has 0 saturated heterocycles. The highest BCUT2D eigenvalue weighted by Crippen LogP contribution is 2.16. The molecule has 0 aliphatic heterocycles. The van der Waals surface area contributed by atoms with E-state index in [2.05, 4.69) is 19.2 Å². The van der Waals surface area contributed by atoms with Crippen LogP contribution in [0.25, 0.3) is 0 Å². The van der Waals surface area contributed by atoms with E-state index >= 15 is 0 Å². The molecule has 0 aliphatic carbocycles. The van der Waals surface area contributed by atoms with Crippen molar-refractivity contribution in [3.63, 3.8) is 0 Å². The first kappa shape index (κ1) is 13.0. The number of likely N-dealkylation sites (N-methyl/N-ethyl adjacent to an activating group) is 1. The van der Waals surface area contributed by atoms with E-state index in [1.165, 1.54) is 6.07 Å². The Balaban J connectivity index is 2.52. The SMILES string of the molecule is CCCNC(C)CN(C)c1ccccc1F. The molecule has 0 fully saturated rings. The number of hydrogen-bond acceptors (Lipinski definition) is 2. The van der Waals surface area contributed by atoms with E-state index in [1.807, 2.05) is 24.1 Å². The molecule has 0 radical (unpaired) electrons. The predicted octanol–water partition coefficient (Wildman–Crippen LogP) is 2.65. The number of hydrogen-bond donors (Lipinski definition) is 1. The van der Waals surface area contributed by atoms with Crippen molar-refractivity contribution in [2.45, 2.75) is 26.3 Å². The lowest BCUT2D eigenvalue weighted by Gasteiger charge is -2.24. The summed E-state index contributed by atoms with van der Waals surface area (Å²) in [6.07, 6.45) is 1.12. The number of para-hydroxylation sites is 1. The van der Waals surface area contributed by atoms with Gasteiger partial charge in [0.2, 0.25) is 0 Å². The van der Waals surface area contributed by atoms with Gasteiger partial charge in [-0.05, 0) is 32.0 Å². The zero-order chi connectivity index (χ0) is 12.0. The monoisotopic (exact) mass is 224 g/mol. The smallest absolute Gasteiger partial charge is 0.146 e. The van der Waals surface area contributed by atoms with Gasteiger partial charge in [0.25, 0.3) is 0 Å². The lowest BCUT2D eigenvalue weighted by atomic mass is 10.2. The van der Waals surface area contributed by atoms with E-state index in [0.29, 0.717) is 11.7 Å². The van der Waals surface area contributed by atoms with E-state index in [0.717, 1.165) is 19.5 Å². The molecule has 2 nitrogen and oxygen atoms in total. The molecule has 1 aromatic carbocycles. The van der Waals surface area contributed by atoms with Gasteiger partial charge in [-0.15, -0.1) is 0 Å². The van der Waals surface area contributed by atoms with Gasteiger partial charge in [-0.25, -0.2) is 4.39 Å². The Bertz CT molecular complexity index is 315. The Hall–Kier alpha value is -1.09. The first-order chi connectivity index (χ1) is 7.65. The van der Waals surface area contributed by atoms with Crippen molar-refractivity contribution in [3.8, 4) is 0 Å². The van der Waals surface area contributed by atoms with Crippen LogP contribution in [0.1, 0.15) is 20.3 Å². The lowest BCUT2D eigenvalue weighted by Crippen LogP contribution is -2.38. The van der Waals surface area contributed by atoms with Crippen LogP contribution < -0.4 is 10.2 Å². The van der Waals surface area contributed by atoms with Gasteiger partial charge in [0.1, 0.15) is 5.82 Å². The van der Waals surface area contributed by atoms with Crippen LogP contribution in [0.5, 0.6) is 0 Å². The highest BCUT2D eigenvalue weighted by molar-refractivity contribution is 5.46. The maximum absolute atomic E-state index is 13.5. The van der Waals surface area contributed by atoms with Crippen molar-refractivity contribution in [2.24, 2.45) is 0 Å². The largest absolute Gasteiger partial charge is 0.371 e. The molecule has 0 bridgehead atoms. The van der Waals surface area contributed by atoms with Crippen LogP contribution in [0.3, 0.4) is 0 Å². The first-order valence-electron chi connectivity index (χ1n) is 5.84. The van der Waals surface area contributed by atoms with Gasteiger partial charge >= 0.3 is 0 Å². The Labute approximate surface area is 97.5 Å². The predicted molar refractivity (Wildman–Crippen MR) is 67.4 cm³/mol. The molecule has 90 valence electrons. The molecule has 0 spiro atoms. The van der Waals surface area contributed by atoms with Gasteiger partial charge in [-0.2, -0.15) is 0 Å². The van der Waals surface area contributed by atoms with E-state index < -0.39 is 0 Å². The quantitative estimate of drug-likeness (QED) is 0.799. The average Bonchev–Trinajstić information content (AvgIpc) is 2.26. The van der Waals surface area contributed by atoms with Gasteiger partial charge in [0.05, 0.1) is 5.69 Å². The number of nitrogens with one attached hydrogen (secondary N) is 1. The summed E-state index contributed by atoms with van der Waals surface area (Å²) >= 11 is 0.